The summed E-state index contributed by atoms with van der Waals surface area (Å²) in [5.74, 6) is 0.722. The Hall–Kier alpha value is -1.84. The van der Waals surface area contributed by atoms with E-state index in [2.05, 4.69) is 23.3 Å². The predicted molar refractivity (Wildman–Crippen MR) is 61.4 cm³/mol. The molecule has 1 fully saturated rings. The Kier molecular flexibility index (Phi) is 1.80. The van der Waals surface area contributed by atoms with Crippen LogP contribution in [0, 0.1) is 6.92 Å². The zero-order valence-corrected chi connectivity index (χ0v) is 9.32. The molecule has 1 N–H and O–H groups in total. The lowest BCUT2D eigenvalue weighted by Crippen LogP contribution is -2.35. The van der Waals surface area contributed by atoms with Gasteiger partial charge in [0.25, 0.3) is 0 Å². The normalized spacial score (nSPS) is 22.4. The number of carbonyl (C=O) groups excluding carboxylic acids is 1. The summed E-state index contributed by atoms with van der Waals surface area (Å²) in [6, 6.07) is 5.94. The number of benzene rings is 1. The second-order valence-electron chi connectivity index (χ2n) is 4.30. The Morgan fingerprint density at radius 2 is 2.31 bits per heavy atom. The van der Waals surface area contributed by atoms with E-state index in [1.54, 1.807) is 0 Å². The largest absolute Gasteiger partial charge is 0.326 e. The molecule has 0 aliphatic carbocycles. The van der Waals surface area contributed by atoms with E-state index in [0.717, 1.165) is 12.2 Å². The fraction of sp³-hybridized carbons (Fsp3) is 0.333. The summed E-state index contributed by atoms with van der Waals surface area (Å²) >= 11 is 0. The van der Waals surface area contributed by atoms with Crippen LogP contribution in [0.5, 0.6) is 0 Å². The molecule has 0 radical (unpaired) electrons. The van der Waals surface area contributed by atoms with Gasteiger partial charge in [-0.1, -0.05) is 12.1 Å². The molecule has 0 spiro atoms. The van der Waals surface area contributed by atoms with E-state index >= 15 is 0 Å². The minimum absolute atomic E-state index is 0.0317. The van der Waals surface area contributed by atoms with E-state index in [9.17, 15) is 4.79 Å². The lowest BCUT2D eigenvalue weighted by atomic mass is 10.0. The maximum atomic E-state index is 11.5. The molecule has 4 heteroatoms. The Morgan fingerprint density at radius 3 is 3.12 bits per heavy atom. The maximum absolute atomic E-state index is 11.5. The molecule has 16 heavy (non-hydrogen) atoms. The second kappa shape index (κ2) is 3.07. The number of hydrogen-bond donors (Lipinski definition) is 1. The van der Waals surface area contributed by atoms with Gasteiger partial charge in [-0.25, -0.2) is 4.99 Å². The molecule has 0 aromatic heterocycles. The molecular weight excluding hydrogens is 202 g/mol. The van der Waals surface area contributed by atoms with E-state index in [1.165, 1.54) is 11.1 Å². The molecule has 2 heterocycles. The molecule has 3 rings (SSSR count). The second-order valence-corrected chi connectivity index (χ2v) is 4.30. The molecule has 4 nitrogen and oxygen atoms in total. The first-order valence-electron chi connectivity index (χ1n) is 5.41. The number of aryl methyl sites for hydroxylation is 1. The van der Waals surface area contributed by atoms with Crippen molar-refractivity contribution in [1.29, 1.82) is 0 Å². The van der Waals surface area contributed by atoms with Gasteiger partial charge in [0, 0.05) is 12.1 Å². The van der Waals surface area contributed by atoms with Gasteiger partial charge < -0.3 is 4.90 Å². The lowest BCUT2D eigenvalue weighted by molar-refractivity contribution is -0.121. The number of carbonyl (C=O) groups is 1. The van der Waals surface area contributed by atoms with E-state index < -0.39 is 0 Å². The first kappa shape index (κ1) is 9.39. The van der Waals surface area contributed by atoms with Gasteiger partial charge in [-0.3, -0.25) is 10.1 Å². The molecule has 1 amide bonds. The van der Waals surface area contributed by atoms with Crippen LogP contribution in [0.1, 0.15) is 18.1 Å². The smallest absolute Gasteiger partial charge is 0.249 e. The number of guanidine groups is 1. The average molecular weight is 215 g/mol. The molecule has 0 unspecified atom stereocenters. The Labute approximate surface area is 94.0 Å². The topological polar surface area (TPSA) is 44.7 Å². The third-order valence-electron chi connectivity index (χ3n) is 3.29. The van der Waals surface area contributed by atoms with E-state index in [0.29, 0.717) is 5.96 Å². The number of amides is 1. The van der Waals surface area contributed by atoms with Crippen LogP contribution in [0.15, 0.2) is 23.2 Å². The van der Waals surface area contributed by atoms with Gasteiger partial charge in [0.15, 0.2) is 0 Å². The van der Waals surface area contributed by atoms with Crippen molar-refractivity contribution in [3.63, 3.8) is 0 Å². The van der Waals surface area contributed by atoms with Crippen molar-refractivity contribution >= 4 is 17.6 Å². The highest BCUT2D eigenvalue weighted by Gasteiger charge is 2.36. The molecule has 1 aromatic carbocycles. The van der Waals surface area contributed by atoms with Crippen molar-refractivity contribution in [3.05, 3.63) is 29.3 Å². The number of nitrogens with zero attached hydrogens (tertiary/aromatic N) is 2. The monoisotopic (exact) mass is 215 g/mol. The molecule has 0 bridgehead atoms. The fourth-order valence-electron chi connectivity index (χ4n) is 2.20. The van der Waals surface area contributed by atoms with Gasteiger partial charge in [0.05, 0.1) is 5.69 Å². The van der Waals surface area contributed by atoms with Crippen LogP contribution in [0.4, 0.5) is 5.69 Å². The first-order chi connectivity index (χ1) is 7.66. The molecule has 2 aliphatic rings. The van der Waals surface area contributed by atoms with E-state index in [-0.39, 0.29) is 11.9 Å². The number of hydrogen-bond acceptors (Lipinski definition) is 3. The summed E-state index contributed by atoms with van der Waals surface area (Å²) in [6.45, 7) is 4.75. The zero-order valence-electron chi connectivity index (χ0n) is 9.32. The van der Waals surface area contributed by atoms with E-state index in [1.807, 2.05) is 24.0 Å². The van der Waals surface area contributed by atoms with Gasteiger partial charge in [0.2, 0.25) is 11.9 Å². The van der Waals surface area contributed by atoms with Gasteiger partial charge in [-0.15, -0.1) is 0 Å². The van der Waals surface area contributed by atoms with Gasteiger partial charge >= 0.3 is 0 Å². The van der Waals surface area contributed by atoms with Crippen molar-refractivity contribution in [1.82, 2.24) is 10.2 Å². The van der Waals surface area contributed by atoms with Gasteiger partial charge in [-0.2, -0.15) is 0 Å². The molecule has 2 aliphatic heterocycles. The van der Waals surface area contributed by atoms with Crippen molar-refractivity contribution < 1.29 is 4.79 Å². The summed E-state index contributed by atoms with van der Waals surface area (Å²) in [7, 11) is 0. The third-order valence-corrected chi connectivity index (χ3v) is 3.29. The Balaban J connectivity index is 2.11. The first-order valence-corrected chi connectivity index (χ1v) is 5.41. The van der Waals surface area contributed by atoms with Crippen molar-refractivity contribution in [2.75, 3.05) is 0 Å². The van der Waals surface area contributed by atoms with Gasteiger partial charge in [-0.05, 0) is 25.5 Å². The number of fused-ring (bicyclic) bond motifs is 2. The zero-order chi connectivity index (χ0) is 11.3. The molecule has 1 saturated heterocycles. The SMILES string of the molecule is Cc1cccc2c1CN1C(=N2)NC(=O)[C@@H]1C. The van der Waals surface area contributed by atoms with Crippen LogP contribution in [0.2, 0.25) is 0 Å². The standard InChI is InChI=1S/C12H13N3O/c1-7-4-3-5-10-9(7)6-15-8(2)11(16)14-12(15)13-10/h3-5,8H,6H2,1-2H3,(H,13,14,16)/t8-/m0/s1. The summed E-state index contributed by atoms with van der Waals surface area (Å²) < 4.78 is 0. The third kappa shape index (κ3) is 1.16. The predicted octanol–water partition coefficient (Wildman–Crippen LogP) is 1.32. The highest BCUT2D eigenvalue weighted by atomic mass is 16.2. The Bertz CT molecular complexity index is 507. The summed E-state index contributed by atoms with van der Waals surface area (Å²) in [4.78, 5) is 18.0. The van der Waals surface area contributed by atoms with Crippen molar-refractivity contribution in [2.24, 2.45) is 4.99 Å². The summed E-state index contributed by atoms with van der Waals surface area (Å²) in [5, 5.41) is 2.80. The number of aliphatic imine (C=N–C) groups is 1. The fourth-order valence-corrected chi connectivity index (χ4v) is 2.20. The minimum atomic E-state index is -0.119. The van der Waals surface area contributed by atoms with Crippen LogP contribution in [0.3, 0.4) is 0 Å². The van der Waals surface area contributed by atoms with Crippen LogP contribution in [-0.4, -0.2) is 22.8 Å². The molecular formula is C12H13N3O. The highest BCUT2D eigenvalue weighted by Crippen LogP contribution is 2.30. The van der Waals surface area contributed by atoms with E-state index in [4.69, 9.17) is 0 Å². The maximum Gasteiger partial charge on any atom is 0.249 e. The minimum Gasteiger partial charge on any atom is -0.326 e. The number of rotatable bonds is 0. The van der Waals surface area contributed by atoms with Crippen molar-refractivity contribution in [3.8, 4) is 0 Å². The molecule has 0 saturated carbocycles. The quantitative estimate of drug-likeness (QED) is 0.709. The summed E-state index contributed by atoms with van der Waals surface area (Å²) in [5.41, 5.74) is 3.42. The molecule has 1 aromatic rings. The van der Waals surface area contributed by atoms with Crippen LogP contribution < -0.4 is 5.32 Å². The van der Waals surface area contributed by atoms with Crippen LogP contribution in [-0.2, 0) is 11.3 Å². The highest BCUT2D eigenvalue weighted by molar-refractivity contribution is 6.07. The Morgan fingerprint density at radius 1 is 1.50 bits per heavy atom. The van der Waals surface area contributed by atoms with Crippen LogP contribution >= 0.6 is 0 Å². The lowest BCUT2D eigenvalue weighted by Gasteiger charge is -2.27. The molecule has 1 atom stereocenters. The summed E-state index contributed by atoms with van der Waals surface area (Å²) in [6.07, 6.45) is 0. The van der Waals surface area contributed by atoms with Crippen LogP contribution in [0.25, 0.3) is 0 Å². The number of nitrogens with one attached hydrogen (secondary N) is 1. The van der Waals surface area contributed by atoms with Crippen molar-refractivity contribution in [2.45, 2.75) is 26.4 Å². The average Bonchev–Trinajstić information content (AvgIpc) is 2.53. The van der Waals surface area contributed by atoms with Gasteiger partial charge in [0.1, 0.15) is 6.04 Å². The molecule has 82 valence electrons.